The summed E-state index contributed by atoms with van der Waals surface area (Å²) in [6.07, 6.45) is 0.382. The van der Waals surface area contributed by atoms with E-state index in [0.717, 1.165) is 17.5 Å². The van der Waals surface area contributed by atoms with Crippen molar-refractivity contribution in [1.29, 1.82) is 0 Å². The van der Waals surface area contributed by atoms with Gasteiger partial charge in [-0.05, 0) is 29.7 Å². The van der Waals surface area contributed by atoms with Crippen LogP contribution < -0.4 is 4.74 Å². The minimum Gasteiger partial charge on any atom is -0.478 e. The lowest BCUT2D eigenvalue weighted by Crippen LogP contribution is -2.29. The van der Waals surface area contributed by atoms with Crippen molar-refractivity contribution in [3.63, 3.8) is 0 Å². The minimum atomic E-state index is -0.945. The Bertz CT molecular complexity index is 563. The maximum atomic E-state index is 11.4. The molecule has 0 radical (unpaired) electrons. The van der Waals surface area contributed by atoms with E-state index in [1.165, 1.54) is 0 Å². The third-order valence-electron chi connectivity index (χ3n) is 3.20. The zero-order valence-electron chi connectivity index (χ0n) is 11.5. The van der Waals surface area contributed by atoms with Gasteiger partial charge in [-0.25, -0.2) is 4.79 Å². The first kappa shape index (κ1) is 14.1. The van der Waals surface area contributed by atoms with Crippen molar-refractivity contribution in [2.75, 3.05) is 0 Å². The van der Waals surface area contributed by atoms with Gasteiger partial charge in [0.2, 0.25) is 0 Å². The third-order valence-corrected chi connectivity index (χ3v) is 3.20. The quantitative estimate of drug-likeness (QED) is 0.875. The molecule has 0 saturated carbocycles. The number of hydrogen-bond acceptors (Lipinski definition) is 2. The van der Waals surface area contributed by atoms with E-state index in [4.69, 9.17) is 4.74 Å². The highest BCUT2D eigenvalue weighted by Crippen LogP contribution is 2.17. The van der Waals surface area contributed by atoms with Crippen molar-refractivity contribution < 1.29 is 14.6 Å². The van der Waals surface area contributed by atoms with Crippen molar-refractivity contribution in [1.82, 2.24) is 0 Å². The van der Waals surface area contributed by atoms with Crippen LogP contribution in [0.4, 0.5) is 0 Å². The summed E-state index contributed by atoms with van der Waals surface area (Å²) in [6.45, 7) is 2.06. The van der Waals surface area contributed by atoms with Gasteiger partial charge in [-0.3, -0.25) is 0 Å². The highest BCUT2D eigenvalue weighted by Gasteiger charge is 2.21. The fraction of sp³-hybridized carbons (Fsp3) is 0.235. The number of hydrogen-bond donors (Lipinski definition) is 1. The van der Waals surface area contributed by atoms with Crippen molar-refractivity contribution in [2.45, 2.75) is 25.9 Å². The molecule has 0 fully saturated rings. The van der Waals surface area contributed by atoms with Gasteiger partial charge in [-0.2, -0.15) is 0 Å². The largest absolute Gasteiger partial charge is 0.478 e. The summed E-state index contributed by atoms with van der Waals surface area (Å²) in [5.74, 6) is -0.367. The molecule has 0 heterocycles. The first-order valence-corrected chi connectivity index (χ1v) is 6.72. The van der Waals surface area contributed by atoms with E-state index in [2.05, 4.69) is 6.92 Å². The second-order valence-electron chi connectivity index (χ2n) is 4.58. The Hall–Kier alpha value is -2.29. The number of carboxylic acid groups (broad SMARTS) is 1. The Morgan fingerprint density at radius 2 is 1.65 bits per heavy atom. The zero-order chi connectivity index (χ0) is 14.4. The molecule has 0 aliphatic carbocycles. The number of aryl methyl sites for hydroxylation is 1. The number of para-hydroxylation sites is 1. The standard InChI is InChI=1S/C17H18O3/c1-2-13-8-6-7-9-14(13)12-16(17(18)19)20-15-10-4-3-5-11-15/h3-11,16H,2,12H2,1H3,(H,18,19). The van der Waals surface area contributed by atoms with Gasteiger partial charge in [0.05, 0.1) is 0 Å². The highest BCUT2D eigenvalue weighted by atomic mass is 16.5. The summed E-state index contributed by atoms with van der Waals surface area (Å²) >= 11 is 0. The van der Waals surface area contributed by atoms with Crippen LogP contribution in [0.3, 0.4) is 0 Å². The molecule has 1 atom stereocenters. The first-order chi connectivity index (χ1) is 9.70. The molecule has 0 aliphatic heterocycles. The molecule has 0 saturated heterocycles. The van der Waals surface area contributed by atoms with Crippen LogP contribution in [0, 0.1) is 0 Å². The average molecular weight is 270 g/mol. The molecule has 0 amide bonds. The summed E-state index contributed by atoms with van der Waals surface area (Å²) in [5.41, 5.74) is 2.19. The Morgan fingerprint density at radius 3 is 2.25 bits per heavy atom. The fourth-order valence-corrected chi connectivity index (χ4v) is 2.14. The molecule has 3 nitrogen and oxygen atoms in total. The van der Waals surface area contributed by atoms with Crippen LogP contribution in [0.25, 0.3) is 0 Å². The van der Waals surface area contributed by atoms with Gasteiger partial charge in [-0.1, -0.05) is 49.4 Å². The van der Waals surface area contributed by atoms with E-state index < -0.39 is 12.1 Å². The molecule has 1 N–H and O–H groups in total. The van der Waals surface area contributed by atoms with Crippen LogP contribution in [0.5, 0.6) is 5.75 Å². The average Bonchev–Trinajstić information content (AvgIpc) is 2.48. The Balaban J connectivity index is 2.16. The van der Waals surface area contributed by atoms with Crippen LogP contribution in [0.15, 0.2) is 54.6 Å². The van der Waals surface area contributed by atoms with E-state index >= 15 is 0 Å². The highest BCUT2D eigenvalue weighted by molar-refractivity contribution is 5.73. The van der Waals surface area contributed by atoms with E-state index in [9.17, 15) is 9.90 Å². The van der Waals surface area contributed by atoms with E-state index in [1.807, 2.05) is 42.5 Å². The van der Waals surface area contributed by atoms with Crippen LogP contribution in [0.1, 0.15) is 18.1 Å². The van der Waals surface area contributed by atoms with Crippen LogP contribution in [0.2, 0.25) is 0 Å². The van der Waals surface area contributed by atoms with E-state index in [1.54, 1.807) is 12.1 Å². The van der Waals surface area contributed by atoms with Gasteiger partial charge in [0.15, 0.2) is 6.10 Å². The van der Waals surface area contributed by atoms with E-state index in [-0.39, 0.29) is 0 Å². The van der Waals surface area contributed by atoms with Gasteiger partial charge in [0, 0.05) is 6.42 Å². The number of benzene rings is 2. The molecule has 0 bridgehead atoms. The molecule has 104 valence electrons. The smallest absolute Gasteiger partial charge is 0.345 e. The van der Waals surface area contributed by atoms with Gasteiger partial charge in [-0.15, -0.1) is 0 Å². The second kappa shape index (κ2) is 6.75. The normalized spacial score (nSPS) is 11.8. The number of carbonyl (C=O) groups is 1. The van der Waals surface area contributed by atoms with Crippen molar-refractivity contribution in [2.24, 2.45) is 0 Å². The molecular formula is C17H18O3. The van der Waals surface area contributed by atoms with Crippen LogP contribution >= 0.6 is 0 Å². The summed E-state index contributed by atoms with van der Waals surface area (Å²) in [7, 11) is 0. The first-order valence-electron chi connectivity index (χ1n) is 6.72. The van der Waals surface area contributed by atoms with Gasteiger partial charge >= 0.3 is 5.97 Å². The number of rotatable bonds is 6. The molecule has 3 heteroatoms. The molecule has 0 aromatic heterocycles. The van der Waals surface area contributed by atoms with Crippen molar-refractivity contribution in [3.8, 4) is 5.75 Å². The molecule has 2 aromatic carbocycles. The third kappa shape index (κ3) is 3.60. The van der Waals surface area contributed by atoms with Crippen LogP contribution in [-0.2, 0) is 17.6 Å². The maximum absolute atomic E-state index is 11.4. The zero-order valence-corrected chi connectivity index (χ0v) is 11.5. The molecule has 2 aromatic rings. The predicted octanol–water partition coefficient (Wildman–Crippen LogP) is 3.32. The Labute approximate surface area is 118 Å². The molecule has 0 spiro atoms. The summed E-state index contributed by atoms with van der Waals surface area (Å²) in [5, 5.41) is 9.33. The van der Waals surface area contributed by atoms with Gasteiger partial charge < -0.3 is 9.84 Å². The van der Waals surface area contributed by atoms with Crippen LogP contribution in [-0.4, -0.2) is 17.2 Å². The minimum absolute atomic E-state index is 0.369. The second-order valence-corrected chi connectivity index (χ2v) is 4.58. The Kier molecular flexibility index (Phi) is 4.77. The number of carboxylic acids is 1. The van der Waals surface area contributed by atoms with Gasteiger partial charge in [0.25, 0.3) is 0 Å². The monoisotopic (exact) mass is 270 g/mol. The van der Waals surface area contributed by atoms with E-state index in [0.29, 0.717) is 12.2 Å². The summed E-state index contributed by atoms with van der Waals surface area (Å²) in [6, 6.07) is 16.9. The molecular weight excluding hydrogens is 252 g/mol. The lowest BCUT2D eigenvalue weighted by Gasteiger charge is -2.16. The van der Waals surface area contributed by atoms with Gasteiger partial charge in [0.1, 0.15) is 5.75 Å². The molecule has 2 rings (SSSR count). The summed E-state index contributed by atoms with van der Waals surface area (Å²) in [4.78, 5) is 11.4. The van der Waals surface area contributed by atoms with Crippen molar-refractivity contribution >= 4 is 5.97 Å². The number of ether oxygens (including phenoxy) is 1. The molecule has 0 aliphatic rings. The fourth-order valence-electron chi connectivity index (χ4n) is 2.14. The molecule has 20 heavy (non-hydrogen) atoms. The lowest BCUT2D eigenvalue weighted by molar-refractivity contribution is -0.145. The molecule has 1 unspecified atom stereocenters. The maximum Gasteiger partial charge on any atom is 0.345 e. The summed E-state index contributed by atoms with van der Waals surface area (Å²) < 4.78 is 5.58. The number of aliphatic carboxylic acids is 1. The predicted molar refractivity (Wildman–Crippen MR) is 78.0 cm³/mol. The Morgan fingerprint density at radius 1 is 1.05 bits per heavy atom. The SMILES string of the molecule is CCc1ccccc1CC(Oc1ccccc1)C(=O)O. The lowest BCUT2D eigenvalue weighted by atomic mass is 10.00. The topological polar surface area (TPSA) is 46.5 Å². The van der Waals surface area contributed by atoms with Crippen molar-refractivity contribution in [3.05, 3.63) is 65.7 Å².